The number of aromatic nitrogens is 1. The maximum absolute atomic E-state index is 11.0. The molecule has 0 aliphatic heterocycles. The average Bonchev–Trinajstić information content (AvgIpc) is 1.97. The van der Waals surface area contributed by atoms with Crippen LogP contribution in [0.2, 0.25) is 0 Å². The molecule has 90 valence electrons. The molecule has 1 aromatic heterocycles. The van der Waals surface area contributed by atoms with Crippen molar-refractivity contribution in [1.82, 2.24) is 4.98 Å². The fourth-order valence-electron chi connectivity index (χ4n) is 0.941. The van der Waals surface area contributed by atoms with Crippen LogP contribution in [0.4, 0.5) is 11.6 Å². The molecule has 7 N–H and O–H groups in total. The van der Waals surface area contributed by atoms with E-state index in [1.807, 2.05) is 0 Å². The Balaban J connectivity index is 3.72. The number of anilines is 2. The Kier molecular flexibility index (Phi) is 2.81. The average molecular weight is 268 g/mol. The number of nitrogen functional groups attached to an aromatic ring is 2. The largest absolute Gasteiger partial charge is 0.382 e. The summed E-state index contributed by atoms with van der Waals surface area (Å²) in [5.41, 5.74) is 10.3. The maximum atomic E-state index is 11.0. The highest BCUT2D eigenvalue weighted by molar-refractivity contribution is 7.89. The summed E-state index contributed by atoms with van der Waals surface area (Å²) in [5, 5.41) is 4.75. The molecule has 0 radical (unpaired) electrons. The summed E-state index contributed by atoms with van der Waals surface area (Å²) < 4.78 is 52.3. The molecule has 0 aromatic carbocycles. The molecule has 16 heavy (non-hydrogen) atoms. The molecule has 0 aliphatic carbocycles. The Morgan fingerprint density at radius 2 is 1.50 bits per heavy atom. The molecule has 0 saturated carbocycles. The van der Waals surface area contributed by atoms with Crippen molar-refractivity contribution in [3.8, 4) is 0 Å². The number of hydrogen-bond acceptors (Lipinski definition) is 7. The number of nitrogens with zero attached hydrogens (tertiary/aromatic N) is 1. The quantitative estimate of drug-likeness (QED) is 0.450. The van der Waals surface area contributed by atoms with Crippen LogP contribution in [0.15, 0.2) is 15.9 Å². The van der Waals surface area contributed by atoms with E-state index in [1.54, 1.807) is 0 Å². The number of pyridine rings is 1. The van der Waals surface area contributed by atoms with Crippen LogP contribution < -0.4 is 16.6 Å². The van der Waals surface area contributed by atoms with Gasteiger partial charge in [-0.25, -0.2) is 18.5 Å². The van der Waals surface area contributed by atoms with Crippen molar-refractivity contribution in [2.24, 2.45) is 5.14 Å². The van der Waals surface area contributed by atoms with Crippen molar-refractivity contribution in [3.63, 3.8) is 0 Å². The van der Waals surface area contributed by atoms with Gasteiger partial charge in [0.25, 0.3) is 10.1 Å². The molecule has 0 atom stereocenters. The number of primary sulfonamides is 1. The van der Waals surface area contributed by atoms with E-state index in [4.69, 9.17) is 21.2 Å². The molecule has 1 heterocycles. The fraction of sp³-hybridized carbons (Fsp3) is 0. The third kappa shape index (κ3) is 2.38. The van der Waals surface area contributed by atoms with E-state index in [0.29, 0.717) is 6.07 Å². The molecule has 0 aliphatic rings. The lowest BCUT2D eigenvalue weighted by atomic mass is 10.4. The number of rotatable bonds is 2. The van der Waals surface area contributed by atoms with Gasteiger partial charge in [0, 0.05) is 0 Å². The van der Waals surface area contributed by atoms with E-state index >= 15 is 0 Å². The maximum Gasteiger partial charge on any atom is 0.298 e. The van der Waals surface area contributed by atoms with Gasteiger partial charge in [0.05, 0.1) is 0 Å². The van der Waals surface area contributed by atoms with Crippen LogP contribution in [0.25, 0.3) is 0 Å². The molecular weight excluding hydrogens is 260 g/mol. The highest BCUT2D eigenvalue weighted by Crippen LogP contribution is 2.23. The molecule has 0 amide bonds. The van der Waals surface area contributed by atoms with E-state index < -0.39 is 41.6 Å². The number of sulfonamides is 1. The topological polar surface area (TPSA) is 179 Å². The van der Waals surface area contributed by atoms with E-state index in [1.165, 1.54) is 0 Å². The van der Waals surface area contributed by atoms with E-state index in [0.717, 1.165) is 0 Å². The van der Waals surface area contributed by atoms with Gasteiger partial charge in [-0.05, 0) is 6.07 Å². The minimum Gasteiger partial charge on any atom is -0.382 e. The third-order valence-electron chi connectivity index (χ3n) is 1.59. The third-order valence-corrected chi connectivity index (χ3v) is 3.42. The second kappa shape index (κ2) is 3.55. The highest BCUT2D eigenvalue weighted by atomic mass is 32.2. The monoisotopic (exact) mass is 268 g/mol. The Bertz CT molecular complexity index is 582. The molecule has 11 heteroatoms. The van der Waals surface area contributed by atoms with Gasteiger partial charge < -0.3 is 11.5 Å². The SMILES string of the molecule is Nc1nc(N)c(S(=O)(=O)O)cc1S(N)(=O)=O. The predicted molar refractivity (Wildman–Crippen MR) is 54.2 cm³/mol. The standard InChI is InChI=1S/C5H8N4O5S2/c6-4-2(15(8,10)11)1-3(5(7)9-4)16(12,13)14/h1H,(H4,6,7,9)(H2,8,10,11)(H,12,13,14). The summed E-state index contributed by atoms with van der Waals surface area (Å²) in [6, 6.07) is 0.544. The summed E-state index contributed by atoms with van der Waals surface area (Å²) in [4.78, 5) is 1.67. The zero-order chi connectivity index (χ0) is 12.7. The normalized spacial score (nSPS) is 12.6. The molecule has 0 spiro atoms. The molecule has 9 nitrogen and oxygen atoms in total. The molecule has 1 rings (SSSR count). The molecule has 0 fully saturated rings. The van der Waals surface area contributed by atoms with Gasteiger partial charge in [0.15, 0.2) is 0 Å². The van der Waals surface area contributed by atoms with Crippen molar-refractivity contribution in [2.75, 3.05) is 11.5 Å². The van der Waals surface area contributed by atoms with Crippen LogP contribution in [0.5, 0.6) is 0 Å². The predicted octanol–water partition coefficient (Wildman–Crippen LogP) is -1.86. The van der Waals surface area contributed by atoms with Crippen molar-refractivity contribution >= 4 is 31.8 Å². The lowest BCUT2D eigenvalue weighted by molar-refractivity contribution is 0.483. The van der Waals surface area contributed by atoms with Crippen molar-refractivity contribution < 1.29 is 21.4 Å². The molecular formula is C5H8N4O5S2. The van der Waals surface area contributed by atoms with Crippen LogP contribution in [0, 0.1) is 0 Å². The lowest BCUT2D eigenvalue weighted by Gasteiger charge is -2.06. The van der Waals surface area contributed by atoms with Gasteiger partial charge in [0.2, 0.25) is 10.0 Å². The smallest absolute Gasteiger partial charge is 0.298 e. The first-order valence-corrected chi connectivity index (χ1v) is 6.58. The van der Waals surface area contributed by atoms with E-state index in [-0.39, 0.29) is 0 Å². The van der Waals surface area contributed by atoms with Crippen molar-refractivity contribution in [2.45, 2.75) is 9.79 Å². The Morgan fingerprint density at radius 3 is 1.88 bits per heavy atom. The van der Waals surface area contributed by atoms with Crippen LogP contribution >= 0.6 is 0 Å². The summed E-state index contributed by atoms with van der Waals surface area (Å²) in [6.07, 6.45) is 0. The molecule has 0 bridgehead atoms. The molecule has 0 unspecified atom stereocenters. The van der Waals surface area contributed by atoms with Crippen molar-refractivity contribution in [1.29, 1.82) is 0 Å². The first kappa shape index (κ1) is 12.6. The second-order valence-corrected chi connectivity index (χ2v) is 5.70. The summed E-state index contributed by atoms with van der Waals surface area (Å²) in [6.45, 7) is 0. The zero-order valence-electron chi connectivity index (χ0n) is 7.65. The first-order valence-electron chi connectivity index (χ1n) is 3.60. The fourth-order valence-corrected chi connectivity index (χ4v) is 2.21. The highest BCUT2D eigenvalue weighted by Gasteiger charge is 2.22. The van der Waals surface area contributed by atoms with Gasteiger partial charge in [-0.2, -0.15) is 8.42 Å². The Labute approximate surface area is 91.1 Å². The molecule has 0 saturated heterocycles. The van der Waals surface area contributed by atoms with Gasteiger partial charge in [-0.1, -0.05) is 0 Å². The van der Waals surface area contributed by atoms with Crippen molar-refractivity contribution in [3.05, 3.63) is 6.07 Å². The minimum atomic E-state index is -4.70. The second-order valence-electron chi connectivity index (χ2n) is 2.78. The Morgan fingerprint density at radius 1 is 1.06 bits per heavy atom. The van der Waals surface area contributed by atoms with Gasteiger partial charge in [-0.3, -0.25) is 4.55 Å². The summed E-state index contributed by atoms with van der Waals surface area (Å²) in [5.74, 6) is -1.17. The van der Waals surface area contributed by atoms with Crippen LogP contribution in [-0.2, 0) is 20.1 Å². The van der Waals surface area contributed by atoms with E-state index in [2.05, 4.69) is 4.98 Å². The van der Waals surface area contributed by atoms with Crippen LogP contribution in [0.3, 0.4) is 0 Å². The summed E-state index contributed by atoms with van der Waals surface area (Å²) >= 11 is 0. The number of nitrogens with two attached hydrogens (primary N) is 3. The van der Waals surface area contributed by atoms with E-state index in [9.17, 15) is 16.8 Å². The zero-order valence-corrected chi connectivity index (χ0v) is 9.29. The van der Waals surface area contributed by atoms with Gasteiger partial charge in [-0.15, -0.1) is 0 Å². The first-order chi connectivity index (χ1) is 7.03. The van der Waals surface area contributed by atoms with Crippen LogP contribution in [-0.4, -0.2) is 26.4 Å². The Hall–Kier alpha value is -1.43. The number of hydrogen-bond donors (Lipinski definition) is 4. The minimum absolute atomic E-state index is 0.544. The molecule has 1 aromatic rings. The lowest BCUT2D eigenvalue weighted by Crippen LogP contribution is -2.17. The summed E-state index contributed by atoms with van der Waals surface area (Å²) in [7, 11) is -8.95. The van der Waals surface area contributed by atoms with Gasteiger partial charge in [0.1, 0.15) is 21.4 Å². The van der Waals surface area contributed by atoms with Gasteiger partial charge >= 0.3 is 0 Å². The van der Waals surface area contributed by atoms with Crippen LogP contribution in [0.1, 0.15) is 0 Å².